The van der Waals surface area contributed by atoms with Crippen molar-refractivity contribution in [1.29, 1.82) is 0 Å². The van der Waals surface area contributed by atoms with E-state index in [0.29, 0.717) is 38.5 Å². The van der Waals surface area contributed by atoms with Gasteiger partial charge in [-0.1, -0.05) is 64.8 Å². The molecule has 1 aliphatic heterocycles. The molecule has 0 amide bonds. The highest BCUT2D eigenvalue weighted by Gasteiger charge is 2.58. The Balaban J connectivity index is 1.58. The summed E-state index contributed by atoms with van der Waals surface area (Å²) in [4.78, 5) is 78.6. The molecule has 5 rings (SSSR count). The van der Waals surface area contributed by atoms with Crippen LogP contribution in [0.2, 0.25) is 0 Å². The van der Waals surface area contributed by atoms with E-state index in [9.17, 15) is 44.1 Å². The summed E-state index contributed by atoms with van der Waals surface area (Å²) in [5.41, 5.74) is -0.515. The second-order valence-electron chi connectivity index (χ2n) is 18.6. The Labute approximate surface area is 335 Å². The molecule has 3 N–H and O–H groups in total. The second kappa shape index (κ2) is 17.2. The highest BCUT2D eigenvalue weighted by Crippen LogP contribution is 2.62. The van der Waals surface area contributed by atoms with Gasteiger partial charge in [0.25, 0.3) is 0 Å². The molecule has 5 aliphatic rings. The van der Waals surface area contributed by atoms with Crippen LogP contribution in [0.15, 0.2) is 24.3 Å². The molecule has 5 fully saturated rings. The van der Waals surface area contributed by atoms with Gasteiger partial charge >= 0.3 is 35.8 Å². The van der Waals surface area contributed by atoms with E-state index in [1.807, 2.05) is 13.8 Å². The van der Waals surface area contributed by atoms with Crippen LogP contribution >= 0.6 is 0 Å². The van der Waals surface area contributed by atoms with E-state index in [4.69, 9.17) is 23.7 Å². The molecule has 57 heavy (non-hydrogen) atoms. The van der Waals surface area contributed by atoms with Gasteiger partial charge in [0.05, 0.1) is 46.4 Å². The Kier molecular flexibility index (Phi) is 13.4. The van der Waals surface area contributed by atoms with Crippen molar-refractivity contribution < 1.29 is 67.8 Å². The molecule has 0 radical (unpaired) electrons. The maximum Gasteiger partial charge on any atom is 0.335 e. The number of carboxylic acid groups (broad SMARTS) is 3. The van der Waals surface area contributed by atoms with E-state index in [0.717, 1.165) is 43.9 Å². The van der Waals surface area contributed by atoms with Crippen molar-refractivity contribution >= 4 is 35.8 Å². The number of ether oxygens (including phenoxy) is 5. The zero-order valence-electron chi connectivity index (χ0n) is 34.2. The SMILES string of the molecule is C=C1CC[C@H]2[C@@]3(C)CCC[C@]2(C)[C@H]1CO[C@@H](C(=O)OC)[C@H](CC(=O)O)C(=O)OC[C@]1(C)CCC[C@]2(C)[C@@H](CO[C@@H](C(=O)O)[C@H](CC(=O)O)C(=O)OC3)C(=C)CC[C@@H]12. The van der Waals surface area contributed by atoms with E-state index in [2.05, 4.69) is 27.0 Å². The Bertz CT molecular complexity index is 1620. The van der Waals surface area contributed by atoms with Crippen molar-refractivity contribution in [3.63, 3.8) is 0 Å². The van der Waals surface area contributed by atoms with Gasteiger partial charge in [-0.05, 0) is 74.0 Å². The van der Waals surface area contributed by atoms with Crippen LogP contribution in [0.5, 0.6) is 0 Å². The van der Waals surface area contributed by atoms with E-state index < -0.39 is 94.4 Å². The first-order chi connectivity index (χ1) is 26.7. The fraction of sp³-hybridized carbons (Fsp3) is 0.767. The fourth-order valence-electron chi connectivity index (χ4n) is 12.0. The molecule has 0 unspecified atom stereocenters. The summed E-state index contributed by atoms with van der Waals surface area (Å²) in [5, 5.41) is 30.3. The summed E-state index contributed by atoms with van der Waals surface area (Å²) in [5.74, 6) is -10.8. The molecule has 8 bridgehead atoms. The lowest BCUT2D eigenvalue weighted by Crippen LogP contribution is -2.55. The molecule has 0 spiro atoms. The summed E-state index contributed by atoms with van der Waals surface area (Å²) >= 11 is 0. The molecule has 12 atom stereocenters. The number of esters is 3. The minimum Gasteiger partial charge on any atom is -0.481 e. The van der Waals surface area contributed by atoms with Crippen molar-refractivity contribution in [1.82, 2.24) is 0 Å². The summed E-state index contributed by atoms with van der Waals surface area (Å²) in [6.07, 6.45) is 1.89. The molecular formula is C43H62O14. The van der Waals surface area contributed by atoms with Crippen LogP contribution < -0.4 is 0 Å². The third-order valence-corrected chi connectivity index (χ3v) is 15.1. The molecule has 0 aromatic heterocycles. The average molecular weight is 803 g/mol. The van der Waals surface area contributed by atoms with Gasteiger partial charge < -0.3 is 39.0 Å². The average Bonchev–Trinajstić information content (AvgIpc) is 3.12. The van der Waals surface area contributed by atoms with Crippen molar-refractivity contribution in [2.75, 3.05) is 33.5 Å². The van der Waals surface area contributed by atoms with Gasteiger partial charge in [0.1, 0.15) is 11.8 Å². The van der Waals surface area contributed by atoms with Gasteiger partial charge in [-0.25, -0.2) is 9.59 Å². The lowest BCUT2D eigenvalue weighted by Gasteiger charge is -2.58. The Hall–Kier alpha value is -3.78. The Morgan fingerprint density at radius 1 is 0.684 bits per heavy atom. The monoisotopic (exact) mass is 802 g/mol. The number of carbonyl (C=O) groups excluding carboxylic acids is 3. The van der Waals surface area contributed by atoms with E-state index >= 15 is 0 Å². The maximum atomic E-state index is 14.1. The molecule has 4 aliphatic carbocycles. The molecule has 14 nitrogen and oxygen atoms in total. The molecule has 1 saturated heterocycles. The third-order valence-electron chi connectivity index (χ3n) is 15.1. The number of hydrogen-bond donors (Lipinski definition) is 3. The quantitative estimate of drug-likeness (QED) is 0.163. The third kappa shape index (κ3) is 8.82. The van der Waals surface area contributed by atoms with Crippen molar-refractivity contribution in [3.8, 4) is 0 Å². The van der Waals surface area contributed by atoms with Crippen molar-refractivity contribution in [2.24, 2.45) is 57.2 Å². The number of cyclic esters (lactones) is 2. The predicted molar refractivity (Wildman–Crippen MR) is 203 cm³/mol. The normalized spacial score (nSPS) is 40.9. The molecular weight excluding hydrogens is 740 g/mol. The molecule has 0 aromatic rings. The number of methoxy groups -OCH3 is 1. The Morgan fingerprint density at radius 3 is 1.47 bits per heavy atom. The second-order valence-corrected chi connectivity index (χ2v) is 18.6. The number of carbonyl (C=O) groups is 6. The standard InChI is InChI=1S/C43H62O14/c1-24-10-12-30-41(4)15-8-16-42(30,5)28(24)20-54-34(36(48)49)26(18-32(44)45)37(50)56-22-40(3)14-9-17-43(6)29(25(2)11-13-31(40)43)21-55-35(39(52)53-7)27(19-33(46)47)38(51)57-23-41/h26-31,34-35H,1-2,8-23H2,3-7H3,(H,44,45)(H,46,47)(H,48,49)/t26-,27-,28-,29-,30-,31-,34+,35+,40-,41-,42+,43+/m0/s1. The van der Waals surface area contributed by atoms with Gasteiger partial charge in [-0.15, -0.1) is 0 Å². The molecule has 4 saturated carbocycles. The van der Waals surface area contributed by atoms with Crippen LogP contribution in [0, 0.1) is 57.2 Å². The van der Waals surface area contributed by atoms with Crippen LogP contribution in [0.3, 0.4) is 0 Å². The molecule has 1 heterocycles. The zero-order valence-corrected chi connectivity index (χ0v) is 34.2. The van der Waals surface area contributed by atoms with Gasteiger partial charge in [-0.3, -0.25) is 19.2 Å². The number of carboxylic acids is 3. The Morgan fingerprint density at radius 2 is 1.09 bits per heavy atom. The van der Waals surface area contributed by atoms with Crippen LogP contribution in [-0.4, -0.2) is 96.9 Å². The van der Waals surface area contributed by atoms with E-state index in [-0.39, 0.29) is 50.1 Å². The van der Waals surface area contributed by atoms with Crippen LogP contribution in [0.4, 0.5) is 0 Å². The lowest BCUT2D eigenvalue weighted by molar-refractivity contribution is -0.185. The minimum absolute atomic E-state index is 0.0629. The van der Waals surface area contributed by atoms with Crippen LogP contribution in [0.1, 0.15) is 105 Å². The van der Waals surface area contributed by atoms with Gasteiger partial charge in [0.15, 0.2) is 12.2 Å². The molecule has 318 valence electrons. The first kappa shape index (κ1) is 44.3. The summed E-state index contributed by atoms with van der Waals surface area (Å²) in [7, 11) is 1.15. The van der Waals surface area contributed by atoms with Crippen molar-refractivity contribution in [3.05, 3.63) is 24.3 Å². The lowest BCUT2D eigenvalue weighted by atomic mass is 9.47. The smallest absolute Gasteiger partial charge is 0.335 e. The van der Waals surface area contributed by atoms with Gasteiger partial charge in [0.2, 0.25) is 0 Å². The number of hydrogen-bond acceptors (Lipinski definition) is 11. The number of rotatable bonds is 6. The largest absolute Gasteiger partial charge is 0.481 e. The summed E-state index contributed by atoms with van der Waals surface area (Å²) in [6.45, 7) is 16.5. The number of aliphatic carboxylic acids is 3. The van der Waals surface area contributed by atoms with Crippen LogP contribution in [0.25, 0.3) is 0 Å². The van der Waals surface area contributed by atoms with E-state index in [1.54, 1.807) is 0 Å². The topological polar surface area (TPSA) is 209 Å². The zero-order chi connectivity index (χ0) is 42.1. The highest BCUT2D eigenvalue weighted by molar-refractivity contribution is 5.87. The first-order valence-electron chi connectivity index (χ1n) is 20.4. The van der Waals surface area contributed by atoms with E-state index in [1.165, 1.54) is 0 Å². The minimum atomic E-state index is -1.79. The van der Waals surface area contributed by atoms with Gasteiger partial charge in [-0.2, -0.15) is 0 Å². The molecule has 14 heteroatoms. The van der Waals surface area contributed by atoms with Crippen LogP contribution in [-0.2, 0) is 52.5 Å². The summed E-state index contributed by atoms with van der Waals surface area (Å²) in [6, 6.07) is 0. The highest BCUT2D eigenvalue weighted by atomic mass is 16.6. The predicted octanol–water partition coefficient (Wildman–Crippen LogP) is 5.85. The molecule has 0 aromatic carbocycles. The van der Waals surface area contributed by atoms with Crippen molar-refractivity contribution in [2.45, 2.75) is 117 Å². The maximum absolute atomic E-state index is 14.1. The van der Waals surface area contributed by atoms with Gasteiger partial charge in [0, 0.05) is 22.7 Å². The summed E-state index contributed by atoms with van der Waals surface area (Å²) < 4.78 is 29.5. The first-order valence-corrected chi connectivity index (χ1v) is 20.4. The fourth-order valence-corrected chi connectivity index (χ4v) is 12.0.